The van der Waals surface area contributed by atoms with Crippen LogP contribution in [0.2, 0.25) is 0 Å². The third-order valence-electron chi connectivity index (χ3n) is 3.55. The topological polar surface area (TPSA) is 35.5 Å². The lowest BCUT2D eigenvalue weighted by Gasteiger charge is -2.18. The molecule has 0 bridgehead atoms. The van der Waals surface area contributed by atoms with Gasteiger partial charge >= 0.3 is 6.18 Å². The molecule has 0 spiro atoms. The van der Waals surface area contributed by atoms with Crippen molar-refractivity contribution in [1.29, 1.82) is 0 Å². The standard InChI is InChI=1S/C17H19F3N2O/c1-22(10-11-23)15-8-6-14(7-9-15)21-12-13-4-2-3-5-16(13)17(18,19)20/h2-9,21,23H,10-12H2,1H3. The van der Waals surface area contributed by atoms with Crippen LogP contribution in [0.1, 0.15) is 11.1 Å². The van der Waals surface area contributed by atoms with Gasteiger partial charge in [0.25, 0.3) is 0 Å². The van der Waals surface area contributed by atoms with Crippen molar-refractivity contribution in [2.75, 3.05) is 30.4 Å². The molecular weight excluding hydrogens is 305 g/mol. The molecule has 0 unspecified atom stereocenters. The number of hydrogen-bond acceptors (Lipinski definition) is 3. The molecule has 3 nitrogen and oxygen atoms in total. The molecule has 0 radical (unpaired) electrons. The van der Waals surface area contributed by atoms with Crippen molar-refractivity contribution < 1.29 is 18.3 Å². The Bertz CT molecular complexity index is 626. The molecule has 0 aliphatic carbocycles. The number of aliphatic hydroxyl groups is 1. The van der Waals surface area contributed by atoms with Crippen LogP contribution in [-0.2, 0) is 12.7 Å². The lowest BCUT2D eigenvalue weighted by molar-refractivity contribution is -0.138. The van der Waals surface area contributed by atoms with E-state index in [2.05, 4.69) is 5.32 Å². The fraction of sp³-hybridized carbons (Fsp3) is 0.294. The van der Waals surface area contributed by atoms with Crippen LogP contribution in [0, 0.1) is 0 Å². The van der Waals surface area contributed by atoms with Crippen molar-refractivity contribution in [2.45, 2.75) is 12.7 Å². The number of rotatable bonds is 6. The molecule has 0 amide bonds. The summed E-state index contributed by atoms with van der Waals surface area (Å²) in [4.78, 5) is 1.89. The molecule has 0 atom stereocenters. The van der Waals surface area contributed by atoms with Gasteiger partial charge in [0.2, 0.25) is 0 Å². The van der Waals surface area contributed by atoms with Gasteiger partial charge in [0.1, 0.15) is 0 Å². The second kappa shape index (κ2) is 7.37. The molecule has 0 aromatic heterocycles. The number of benzene rings is 2. The molecular formula is C17H19F3N2O. The van der Waals surface area contributed by atoms with Crippen LogP contribution >= 0.6 is 0 Å². The van der Waals surface area contributed by atoms with E-state index in [9.17, 15) is 13.2 Å². The summed E-state index contributed by atoms with van der Waals surface area (Å²) in [6.07, 6.45) is -4.35. The van der Waals surface area contributed by atoms with Crippen molar-refractivity contribution in [3.63, 3.8) is 0 Å². The van der Waals surface area contributed by atoms with Gasteiger partial charge in [0.15, 0.2) is 0 Å². The third kappa shape index (κ3) is 4.63. The monoisotopic (exact) mass is 324 g/mol. The van der Waals surface area contributed by atoms with Crippen molar-refractivity contribution in [3.8, 4) is 0 Å². The highest BCUT2D eigenvalue weighted by atomic mass is 19.4. The minimum atomic E-state index is -4.35. The van der Waals surface area contributed by atoms with Gasteiger partial charge in [-0.15, -0.1) is 0 Å². The summed E-state index contributed by atoms with van der Waals surface area (Å²) in [6.45, 7) is 0.679. The zero-order valence-corrected chi connectivity index (χ0v) is 12.8. The van der Waals surface area contributed by atoms with Crippen LogP contribution in [0.15, 0.2) is 48.5 Å². The number of hydrogen-bond donors (Lipinski definition) is 2. The highest BCUT2D eigenvalue weighted by Crippen LogP contribution is 2.32. The average Bonchev–Trinajstić information content (AvgIpc) is 2.53. The lowest BCUT2D eigenvalue weighted by Crippen LogP contribution is -2.20. The van der Waals surface area contributed by atoms with Crippen LogP contribution < -0.4 is 10.2 Å². The van der Waals surface area contributed by atoms with Gasteiger partial charge in [-0.25, -0.2) is 0 Å². The minimum Gasteiger partial charge on any atom is -0.395 e. The molecule has 0 aliphatic rings. The van der Waals surface area contributed by atoms with Crippen molar-refractivity contribution in [1.82, 2.24) is 0 Å². The molecule has 23 heavy (non-hydrogen) atoms. The van der Waals surface area contributed by atoms with Crippen molar-refractivity contribution >= 4 is 11.4 Å². The fourth-order valence-electron chi connectivity index (χ4n) is 2.26. The Hall–Kier alpha value is -2.21. The molecule has 0 fully saturated rings. The number of nitrogens with one attached hydrogen (secondary N) is 1. The molecule has 0 saturated heterocycles. The molecule has 2 aromatic rings. The van der Waals surface area contributed by atoms with Gasteiger partial charge < -0.3 is 15.3 Å². The normalized spacial score (nSPS) is 11.3. The summed E-state index contributed by atoms with van der Waals surface area (Å²) >= 11 is 0. The second-order valence-electron chi connectivity index (χ2n) is 5.20. The van der Waals surface area contributed by atoms with Crippen LogP contribution in [-0.4, -0.2) is 25.3 Å². The van der Waals surface area contributed by atoms with Gasteiger partial charge in [-0.3, -0.25) is 0 Å². The Kier molecular flexibility index (Phi) is 5.50. The quantitative estimate of drug-likeness (QED) is 0.849. The van der Waals surface area contributed by atoms with Crippen LogP contribution in [0.3, 0.4) is 0 Å². The average molecular weight is 324 g/mol. The molecule has 6 heteroatoms. The van der Waals surface area contributed by atoms with Gasteiger partial charge in [0.05, 0.1) is 12.2 Å². The Balaban J connectivity index is 2.05. The highest BCUT2D eigenvalue weighted by Gasteiger charge is 2.32. The molecule has 124 valence electrons. The van der Waals surface area contributed by atoms with Gasteiger partial charge in [0, 0.05) is 31.5 Å². The van der Waals surface area contributed by atoms with E-state index in [1.807, 2.05) is 24.1 Å². The Morgan fingerprint density at radius 3 is 2.30 bits per heavy atom. The van der Waals surface area contributed by atoms with Crippen LogP contribution in [0.4, 0.5) is 24.5 Å². The van der Waals surface area contributed by atoms with E-state index in [1.54, 1.807) is 18.2 Å². The maximum atomic E-state index is 12.9. The smallest absolute Gasteiger partial charge is 0.395 e. The van der Waals surface area contributed by atoms with E-state index >= 15 is 0 Å². The molecule has 0 aliphatic heterocycles. The first kappa shape index (κ1) is 17.1. The largest absolute Gasteiger partial charge is 0.416 e. The van der Waals surface area contributed by atoms with E-state index < -0.39 is 11.7 Å². The number of alkyl halides is 3. The van der Waals surface area contributed by atoms with Gasteiger partial charge in [-0.05, 0) is 35.9 Å². The van der Waals surface area contributed by atoms with Gasteiger partial charge in [-0.1, -0.05) is 18.2 Å². The van der Waals surface area contributed by atoms with Crippen molar-refractivity contribution in [2.24, 2.45) is 0 Å². The molecule has 2 N–H and O–H groups in total. The van der Waals surface area contributed by atoms with Gasteiger partial charge in [-0.2, -0.15) is 13.2 Å². The van der Waals surface area contributed by atoms with E-state index in [0.29, 0.717) is 6.54 Å². The van der Waals surface area contributed by atoms with Crippen LogP contribution in [0.5, 0.6) is 0 Å². The Morgan fingerprint density at radius 2 is 1.70 bits per heavy atom. The zero-order chi connectivity index (χ0) is 16.9. The number of anilines is 2. The van der Waals surface area contributed by atoms with E-state index in [1.165, 1.54) is 12.1 Å². The van der Waals surface area contributed by atoms with Crippen LogP contribution in [0.25, 0.3) is 0 Å². The van der Waals surface area contributed by atoms with E-state index in [0.717, 1.165) is 17.4 Å². The Morgan fingerprint density at radius 1 is 1.04 bits per heavy atom. The Labute approximate surface area is 133 Å². The summed E-state index contributed by atoms with van der Waals surface area (Å²) in [5.41, 5.74) is 1.26. The summed E-state index contributed by atoms with van der Waals surface area (Å²) in [5, 5.41) is 11.9. The number of likely N-dealkylation sites (N-methyl/N-ethyl adjacent to an activating group) is 1. The minimum absolute atomic E-state index is 0.0602. The molecule has 2 aromatic carbocycles. The summed E-state index contributed by atoms with van der Waals surface area (Å²) in [6, 6.07) is 12.9. The summed E-state index contributed by atoms with van der Waals surface area (Å²) in [7, 11) is 1.86. The first-order valence-electron chi connectivity index (χ1n) is 7.23. The number of aliphatic hydroxyl groups excluding tert-OH is 1. The first-order valence-corrected chi connectivity index (χ1v) is 7.23. The number of halogens is 3. The second-order valence-corrected chi connectivity index (χ2v) is 5.20. The number of nitrogens with zero attached hydrogens (tertiary/aromatic N) is 1. The third-order valence-corrected chi connectivity index (χ3v) is 3.55. The predicted octanol–water partition coefficient (Wildman–Crippen LogP) is 3.75. The maximum absolute atomic E-state index is 12.9. The summed E-state index contributed by atoms with van der Waals surface area (Å²) in [5.74, 6) is 0. The zero-order valence-electron chi connectivity index (χ0n) is 12.8. The predicted molar refractivity (Wildman–Crippen MR) is 85.6 cm³/mol. The SMILES string of the molecule is CN(CCO)c1ccc(NCc2ccccc2C(F)(F)F)cc1. The van der Waals surface area contributed by atoms with E-state index in [4.69, 9.17) is 5.11 Å². The molecule has 0 saturated carbocycles. The molecule has 2 rings (SSSR count). The lowest BCUT2D eigenvalue weighted by atomic mass is 10.1. The maximum Gasteiger partial charge on any atom is 0.416 e. The summed E-state index contributed by atoms with van der Waals surface area (Å²) < 4.78 is 38.8. The van der Waals surface area contributed by atoms with E-state index in [-0.39, 0.29) is 18.7 Å². The van der Waals surface area contributed by atoms with Crippen molar-refractivity contribution in [3.05, 3.63) is 59.7 Å². The fourth-order valence-corrected chi connectivity index (χ4v) is 2.26. The first-order chi connectivity index (χ1) is 10.9. The molecule has 0 heterocycles. The highest BCUT2D eigenvalue weighted by molar-refractivity contribution is 5.55.